The fourth-order valence-electron chi connectivity index (χ4n) is 2.45. The van der Waals surface area contributed by atoms with Crippen molar-refractivity contribution < 1.29 is 0 Å². The van der Waals surface area contributed by atoms with Crippen molar-refractivity contribution in [3.05, 3.63) is 29.6 Å². The molecular formula is C14H24N4. The van der Waals surface area contributed by atoms with Crippen LogP contribution in [-0.4, -0.2) is 48.0 Å². The molecule has 1 fully saturated rings. The van der Waals surface area contributed by atoms with Crippen molar-refractivity contribution >= 4 is 0 Å². The van der Waals surface area contributed by atoms with Gasteiger partial charge in [0, 0.05) is 32.4 Å². The molecule has 2 heterocycles. The van der Waals surface area contributed by atoms with Crippen molar-refractivity contribution in [3.63, 3.8) is 0 Å². The van der Waals surface area contributed by atoms with Gasteiger partial charge in [0.25, 0.3) is 0 Å². The molecule has 0 saturated carbocycles. The quantitative estimate of drug-likeness (QED) is 0.818. The molecule has 1 aliphatic rings. The third kappa shape index (κ3) is 4.05. The van der Waals surface area contributed by atoms with E-state index in [0.29, 0.717) is 6.54 Å². The molecule has 4 nitrogen and oxygen atoms in total. The van der Waals surface area contributed by atoms with Gasteiger partial charge in [-0.1, -0.05) is 0 Å². The lowest BCUT2D eigenvalue weighted by Gasteiger charge is -2.21. The SMILES string of the molecule is CN(CCN1CCCC1)Cc1ccnc(CN)c1. The van der Waals surface area contributed by atoms with Gasteiger partial charge in [-0.05, 0) is 50.7 Å². The van der Waals surface area contributed by atoms with Gasteiger partial charge in [-0.2, -0.15) is 0 Å². The molecule has 0 unspecified atom stereocenters. The van der Waals surface area contributed by atoms with E-state index in [-0.39, 0.29) is 0 Å². The molecule has 1 aromatic heterocycles. The topological polar surface area (TPSA) is 45.4 Å². The highest BCUT2D eigenvalue weighted by Gasteiger charge is 2.11. The van der Waals surface area contributed by atoms with Crippen LogP contribution in [0, 0.1) is 0 Å². The molecule has 1 aromatic rings. The maximum absolute atomic E-state index is 5.61. The van der Waals surface area contributed by atoms with Crippen LogP contribution < -0.4 is 5.73 Å². The third-order valence-corrected chi connectivity index (χ3v) is 3.54. The number of rotatable bonds is 6. The predicted molar refractivity (Wildman–Crippen MR) is 74.1 cm³/mol. The van der Waals surface area contributed by atoms with Gasteiger partial charge in [0.1, 0.15) is 0 Å². The molecular weight excluding hydrogens is 224 g/mol. The van der Waals surface area contributed by atoms with Gasteiger partial charge >= 0.3 is 0 Å². The van der Waals surface area contributed by atoms with Gasteiger partial charge in [-0.25, -0.2) is 0 Å². The summed E-state index contributed by atoms with van der Waals surface area (Å²) in [7, 11) is 2.18. The maximum Gasteiger partial charge on any atom is 0.0542 e. The number of pyridine rings is 1. The first-order chi connectivity index (χ1) is 8.78. The van der Waals surface area contributed by atoms with E-state index in [9.17, 15) is 0 Å². The Morgan fingerprint density at radius 2 is 2.17 bits per heavy atom. The lowest BCUT2D eigenvalue weighted by molar-refractivity contribution is 0.252. The zero-order valence-corrected chi connectivity index (χ0v) is 11.3. The summed E-state index contributed by atoms with van der Waals surface area (Å²) in [6.07, 6.45) is 4.59. The molecule has 1 saturated heterocycles. The second kappa shape index (κ2) is 6.83. The summed E-state index contributed by atoms with van der Waals surface area (Å²) in [6, 6.07) is 4.18. The number of aromatic nitrogens is 1. The molecule has 18 heavy (non-hydrogen) atoms. The molecule has 0 spiro atoms. The van der Waals surface area contributed by atoms with Crippen LogP contribution in [0.5, 0.6) is 0 Å². The molecule has 1 aliphatic heterocycles. The van der Waals surface area contributed by atoms with Crippen molar-refractivity contribution in [2.24, 2.45) is 5.73 Å². The van der Waals surface area contributed by atoms with E-state index in [1.165, 1.54) is 38.0 Å². The van der Waals surface area contributed by atoms with Crippen LogP contribution in [0.2, 0.25) is 0 Å². The van der Waals surface area contributed by atoms with Crippen LogP contribution in [0.4, 0.5) is 0 Å². The van der Waals surface area contributed by atoms with Crippen LogP contribution in [0.15, 0.2) is 18.3 Å². The van der Waals surface area contributed by atoms with E-state index < -0.39 is 0 Å². The Morgan fingerprint density at radius 3 is 2.89 bits per heavy atom. The second-order valence-corrected chi connectivity index (χ2v) is 5.15. The van der Waals surface area contributed by atoms with Crippen LogP contribution >= 0.6 is 0 Å². The minimum Gasteiger partial charge on any atom is -0.325 e. The summed E-state index contributed by atoms with van der Waals surface area (Å²) >= 11 is 0. The first-order valence-corrected chi connectivity index (χ1v) is 6.82. The highest BCUT2D eigenvalue weighted by atomic mass is 15.2. The Kier molecular flexibility index (Phi) is 5.11. The summed E-state index contributed by atoms with van der Waals surface area (Å²) in [5.74, 6) is 0. The van der Waals surface area contributed by atoms with Crippen molar-refractivity contribution in [1.29, 1.82) is 0 Å². The van der Waals surface area contributed by atoms with E-state index in [4.69, 9.17) is 5.73 Å². The van der Waals surface area contributed by atoms with E-state index >= 15 is 0 Å². The Balaban J connectivity index is 1.76. The second-order valence-electron chi connectivity index (χ2n) is 5.15. The monoisotopic (exact) mass is 248 g/mol. The summed E-state index contributed by atoms with van der Waals surface area (Å²) in [6.45, 7) is 6.36. The van der Waals surface area contributed by atoms with Crippen molar-refractivity contribution in [1.82, 2.24) is 14.8 Å². The molecule has 2 N–H and O–H groups in total. The van der Waals surface area contributed by atoms with E-state index in [0.717, 1.165) is 18.8 Å². The van der Waals surface area contributed by atoms with Gasteiger partial charge < -0.3 is 15.5 Å². The largest absolute Gasteiger partial charge is 0.325 e. The van der Waals surface area contributed by atoms with Crippen LogP contribution in [0.3, 0.4) is 0 Å². The van der Waals surface area contributed by atoms with Crippen molar-refractivity contribution in [3.8, 4) is 0 Å². The van der Waals surface area contributed by atoms with Crippen molar-refractivity contribution in [2.45, 2.75) is 25.9 Å². The minimum absolute atomic E-state index is 0.519. The Morgan fingerprint density at radius 1 is 1.39 bits per heavy atom. The normalized spacial score (nSPS) is 16.6. The molecule has 0 bridgehead atoms. The van der Waals surface area contributed by atoms with E-state index in [1.54, 1.807) is 0 Å². The van der Waals surface area contributed by atoms with Crippen LogP contribution in [0.1, 0.15) is 24.1 Å². The van der Waals surface area contributed by atoms with Gasteiger partial charge in [-0.15, -0.1) is 0 Å². The summed E-state index contributed by atoms with van der Waals surface area (Å²) in [5.41, 5.74) is 7.88. The van der Waals surface area contributed by atoms with E-state index in [1.807, 2.05) is 6.20 Å². The maximum atomic E-state index is 5.61. The average Bonchev–Trinajstić information content (AvgIpc) is 2.90. The molecule has 4 heteroatoms. The molecule has 0 radical (unpaired) electrons. The fraction of sp³-hybridized carbons (Fsp3) is 0.643. The van der Waals surface area contributed by atoms with Crippen LogP contribution in [-0.2, 0) is 13.1 Å². The highest BCUT2D eigenvalue weighted by Crippen LogP contribution is 2.08. The van der Waals surface area contributed by atoms with Gasteiger partial charge in [-0.3, -0.25) is 4.98 Å². The third-order valence-electron chi connectivity index (χ3n) is 3.54. The first-order valence-electron chi connectivity index (χ1n) is 6.82. The molecule has 0 aliphatic carbocycles. The molecule has 2 rings (SSSR count). The lowest BCUT2D eigenvalue weighted by Crippen LogP contribution is -2.31. The van der Waals surface area contributed by atoms with Gasteiger partial charge in [0.15, 0.2) is 0 Å². The molecule has 0 atom stereocenters. The number of nitrogens with two attached hydrogens (primary N) is 1. The smallest absolute Gasteiger partial charge is 0.0542 e. The average molecular weight is 248 g/mol. The number of nitrogens with zero attached hydrogens (tertiary/aromatic N) is 3. The minimum atomic E-state index is 0.519. The summed E-state index contributed by atoms with van der Waals surface area (Å²) in [4.78, 5) is 9.14. The predicted octanol–water partition coefficient (Wildman–Crippen LogP) is 1.07. The molecule has 100 valence electrons. The standard InChI is InChI=1S/C14H24N4/c1-17(8-9-18-6-2-3-7-18)12-13-4-5-16-14(10-13)11-15/h4-5,10H,2-3,6-9,11-12,15H2,1H3. The molecule has 0 amide bonds. The fourth-order valence-corrected chi connectivity index (χ4v) is 2.45. The van der Waals surface area contributed by atoms with Crippen molar-refractivity contribution in [2.75, 3.05) is 33.2 Å². The van der Waals surface area contributed by atoms with Crippen LogP contribution in [0.25, 0.3) is 0 Å². The van der Waals surface area contributed by atoms with Gasteiger partial charge in [0.05, 0.1) is 5.69 Å². The Hall–Kier alpha value is -0.970. The number of likely N-dealkylation sites (tertiary alicyclic amines) is 1. The Bertz CT molecular complexity index is 361. The highest BCUT2D eigenvalue weighted by molar-refractivity contribution is 5.16. The number of hydrogen-bond donors (Lipinski definition) is 1. The summed E-state index contributed by atoms with van der Waals surface area (Å²) < 4.78 is 0. The Labute approximate surface area is 110 Å². The van der Waals surface area contributed by atoms with E-state index in [2.05, 4.69) is 34.0 Å². The zero-order chi connectivity index (χ0) is 12.8. The number of hydrogen-bond acceptors (Lipinski definition) is 4. The first kappa shape index (κ1) is 13.5. The lowest BCUT2D eigenvalue weighted by atomic mass is 10.2. The number of likely N-dealkylation sites (N-methyl/N-ethyl adjacent to an activating group) is 1. The zero-order valence-electron chi connectivity index (χ0n) is 11.3. The summed E-state index contributed by atoms with van der Waals surface area (Å²) in [5, 5.41) is 0. The molecule has 0 aromatic carbocycles. The van der Waals surface area contributed by atoms with Gasteiger partial charge in [0.2, 0.25) is 0 Å².